The third-order valence-electron chi connectivity index (χ3n) is 3.78. The van der Waals surface area contributed by atoms with E-state index in [1.54, 1.807) is 6.07 Å². The summed E-state index contributed by atoms with van der Waals surface area (Å²) in [6.07, 6.45) is 3.71. The van der Waals surface area contributed by atoms with E-state index in [0.29, 0.717) is 12.8 Å². The molecule has 2 atom stereocenters. The van der Waals surface area contributed by atoms with Crippen molar-refractivity contribution >= 4 is 17.6 Å². The summed E-state index contributed by atoms with van der Waals surface area (Å²) in [6.45, 7) is 1.97. The topological polar surface area (TPSA) is 49.3 Å². The van der Waals surface area contributed by atoms with Crippen LogP contribution >= 0.6 is 11.6 Å². The number of rotatable bonds is 5. The van der Waals surface area contributed by atoms with Gasteiger partial charge in [-0.3, -0.25) is 4.79 Å². The normalized spacial score (nSPS) is 19.4. The van der Waals surface area contributed by atoms with E-state index in [0.717, 1.165) is 30.4 Å². The molecule has 1 aromatic rings. The van der Waals surface area contributed by atoms with E-state index in [1.165, 1.54) is 6.07 Å². The summed E-state index contributed by atoms with van der Waals surface area (Å²) in [4.78, 5) is 11.2. The van der Waals surface area contributed by atoms with Gasteiger partial charge in [-0.1, -0.05) is 24.9 Å². The van der Waals surface area contributed by atoms with Crippen molar-refractivity contribution in [1.82, 2.24) is 5.32 Å². The number of aryl methyl sites for hydroxylation is 1. The highest BCUT2D eigenvalue weighted by atomic mass is 35.5. The number of hydrogen-bond acceptors (Lipinski definition) is 2. The highest BCUT2D eigenvalue weighted by Gasteiger charge is 2.25. The van der Waals surface area contributed by atoms with Gasteiger partial charge in [0.15, 0.2) is 0 Å². The molecular weight excluding hydrogens is 281 g/mol. The summed E-state index contributed by atoms with van der Waals surface area (Å²) in [5, 5.41) is 12.5. The minimum Gasteiger partial charge on any atom is -0.480 e. The summed E-state index contributed by atoms with van der Waals surface area (Å²) in [6, 6.07) is 2.75. The number of fused-ring (bicyclic) bond motifs is 1. The molecule has 1 aromatic carbocycles. The minimum absolute atomic E-state index is 0.108. The molecule has 0 aliphatic heterocycles. The van der Waals surface area contributed by atoms with E-state index >= 15 is 0 Å². The largest absolute Gasteiger partial charge is 0.480 e. The predicted molar refractivity (Wildman–Crippen MR) is 76.7 cm³/mol. The van der Waals surface area contributed by atoms with Crippen LogP contribution in [0.2, 0.25) is 5.02 Å². The van der Waals surface area contributed by atoms with Crippen LogP contribution in [0.4, 0.5) is 4.39 Å². The number of hydrogen-bond donors (Lipinski definition) is 2. The lowest BCUT2D eigenvalue weighted by Crippen LogP contribution is -2.45. The van der Waals surface area contributed by atoms with Crippen LogP contribution in [0.1, 0.15) is 37.3 Å². The Kier molecular flexibility index (Phi) is 5.00. The zero-order chi connectivity index (χ0) is 14.7. The van der Waals surface area contributed by atoms with Gasteiger partial charge in [0.05, 0.1) is 5.02 Å². The number of halogens is 2. The Hall–Kier alpha value is -1.13. The molecule has 1 aliphatic carbocycles. The molecule has 0 saturated carbocycles. The summed E-state index contributed by atoms with van der Waals surface area (Å²) < 4.78 is 13.4. The second kappa shape index (κ2) is 6.55. The highest BCUT2D eigenvalue weighted by molar-refractivity contribution is 6.30. The third kappa shape index (κ3) is 3.49. The maximum atomic E-state index is 13.4. The smallest absolute Gasteiger partial charge is 0.320 e. The lowest BCUT2D eigenvalue weighted by molar-refractivity contribution is -0.139. The van der Waals surface area contributed by atoms with Crippen molar-refractivity contribution in [2.24, 2.45) is 0 Å². The van der Waals surface area contributed by atoms with Crippen LogP contribution in [-0.2, 0) is 17.6 Å². The van der Waals surface area contributed by atoms with E-state index in [2.05, 4.69) is 5.32 Å². The average molecular weight is 300 g/mol. The molecule has 0 radical (unpaired) electrons. The van der Waals surface area contributed by atoms with Crippen LogP contribution in [0.25, 0.3) is 0 Å². The number of aliphatic carboxylic acids is 1. The maximum Gasteiger partial charge on any atom is 0.320 e. The molecule has 0 bridgehead atoms. The standard InChI is InChI=1S/C15H19ClFNO2/c1-2-3-14(15(19)20)18-11-5-4-9-8-13(17)12(16)7-10(9)6-11/h7-8,11,14,18H,2-6H2,1H3,(H,19,20). The molecule has 0 heterocycles. The van der Waals surface area contributed by atoms with Crippen molar-refractivity contribution in [3.05, 3.63) is 34.1 Å². The van der Waals surface area contributed by atoms with Crippen LogP contribution in [0.3, 0.4) is 0 Å². The molecule has 3 nitrogen and oxygen atoms in total. The van der Waals surface area contributed by atoms with Gasteiger partial charge in [-0.25, -0.2) is 4.39 Å². The SMILES string of the molecule is CCCC(NC1CCc2cc(F)c(Cl)cc2C1)C(=O)O. The van der Waals surface area contributed by atoms with Crippen LogP contribution in [0.15, 0.2) is 12.1 Å². The van der Waals surface area contributed by atoms with Crippen molar-refractivity contribution in [3.8, 4) is 0 Å². The number of carboxylic acids is 1. The van der Waals surface area contributed by atoms with Crippen LogP contribution in [-0.4, -0.2) is 23.2 Å². The predicted octanol–water partition coefficient (Wildman–Crippen LogP) is 3.18. The van der Waals surface area contributed by atoms with E-state index in [9.17, 15) is 14.3 Å². The van der Waals surface area contributed by atoms with Crippen molar-refractivity contribution in [2.45, 2.75) is 51.1 Å². The number of carboxylic acid groups (broad SMARTS) is 1. The Labute approximate surface area is 123 Å². The molecule has 0 aromatic heterocycles. The Morgan fingerprint density at radius 2 is 2.30 bits per heavy atom. The van der Waals surface area contributed by atoms with E-state index in [-0.39, 0.29) is 16.9 Å². The molecule has 110 valence electrons. The monoisotopic (exact) mass is 299 g/mol. The molecule has 0 fully saturated rings. The molecule has 5 heteroatoms. The molecule has 2 rings (SSSR count). The van der Waals surface area contributed by atoms with Crippen molar-refractivity contribution in [3.63, 3.8) is 0 Å². The fourth-order valence-corrected chi connectivity index (χ4v) is 2.93. The minimum atomic E-state index is -0.810. The fourth-order valence-electron chi connectivity index (χ4n) is 2.74. The first-order chi connectivity index (χ1) is 9.51. The maximum absolute atomic E-state index is 13.4. The first-order valence-corrected chi connectivity index (χ1v) is 7.34. The number of benzene rings is 1. The van der Waals surface area contributed by atoms with Gasteiger partial charge in [0.25, 0.3) is 0 Å². The molecule has 2 N–H and O–H groups in total. The van der Waals surface area contributed by atoms with E-state index < -0.39 is 12.0 Å². The first-order valence-electron chi connectivity index (χ1n) is 6.97. The lowest BCUT2D eigenvalue weighted by atomic mass is 9.87. The van der Waals surface area contributed by atoms with Crippen LogP contribution in [0.5, 0.6) is 0 Å². The third-order valence-corrected chi connectivity index (χ3v) is 4.07. The quantitative estimate of drug-likeness (QED) is 0.878. The summed E-state index contributed by atoms with van der Waals surface area (Å²) in [5.41, 5.74) is 1.99. The second-order valence-corrected chi connectivity index (χ2v) is 5.73. The van der Waals surface area contributed by atoms with Crippen LogP contribution < -0.4 is 5.32 Å². The Bertz CT molecular complexity index is 507. The van der Waals surface area contributed by atoms with Gasteiger partial charge in [-0.2, -0.15) is 0 Å². The van der Waals surface area contributed by atoms with Crippen molar-refractivity contribution < 1.29 is 14.3 Å². The molecule has 20 heavy (non-hydrogen) atoms. The van der Waals surface area contributed by atoms with Gasteiger partial charge >= 0.3 is 5.97 Å². The van der Waals surface area contributed by atoms with Gasteiger partial charge in [0, 0.05) is 6.04 Å². The highest BCUT2D eigenvalue weighted by Crippen LogP contribution is 2.27. The second-order valence-electron chi connectivity index (χ2n) is 5.32. The molecule has 0 spiro atoms. The van der Waals surface area contributed by atoms with E-state index in [4.69, 9.17) is 11.6 Å². The number of nitrogens with one attached hydrogen (secondary N) is 1. The van der Waals surface area contributed by atoms with Gasteiger partial charge in [-0.15, -0.1) is 0 Å². The van der Waals surface area contributed by atoms with Gasteiger partial charge in [0.1, 0.15) is 11.9 Å². The van der Waals surface area contributed by atoms with Crippen molar-refractivity contribution in [2.75, 3.05) is 0 Å². The van der Waals surface area contributed by atoms with E-state index in [1.807, 2.05) is 6.92 Å². The molecule has 2 unspecified atom stereocenters. The van der Waals surface area contributed by atoms with Crippen LogP contribution in [0, 0.1) is 5.82 Å². The first kappa shape index (κ1) is 15.3. The summed E-state index contributed by atoms with van der Waals surface area (Å²) in [5.74, 6) is -1.19. The van der Waals surface area contributed by atoms with Gasteiger partial charge in [-0.05, 0) is 48.9 Å². The average Bonchev–Trinajstić information content (AvgIpc) is 2.39. The zero-order valence-electron chi connectivity index (χ0n) is 11.5. The zero-order valence-corrected chi connectivity index (χ0v) is 12.2. The Balaban J connectivity index is 2.07. The number of carbonyl (C=O) groups is 1. The Morgan fingerprint density at radius 1 is 1.55 bits per heavy atom. The lowest BCUT2D eigenvalue weighted by Gasteiger charge is -2.28. The molecule has 0 amide bonds. The summed E-state index contributed by atoms with van der Waals surface area (Å²) in [7, 11) is 0. The van der Waals surface area contributed by atoms with Gasteiger partial charge in [0.2, 0.25) is 0 Å². The Morgan fingerprint density at radius 3 is 2.95 bits per heavy atom. The van der Waals surface area contributed by atoms with Gasteiger partial charge < -0.3 is 10.4 Å². The fraction of sp³-hybridized carbons (Fsp3) is 0.533. The molecule has 0 saturated heterocycles. The summed E-state index contributed by atoms with van der Waals surface area (Å²) >= 11 is 5.81. The van der Waals surface area contributed by atoms with Crippen molar-refractivity contribution in [1.29, 1.82) is 0 Å². The molecule has 1 aliphatic rings. The molecular formula is C15H19ClFNO2.